The molecule has 2 fully saturated rings. The normalized spacial score (nSPS) is 20.1. The number of nitrogens with one attached hydrogen (secondary N) is 1. The maximum Gasteiger partial charge on any atom is 0.253 e. The van der Waals surface area contributed by atoms with Crippen molar-refractivity contribution >= 4 is 11.8 Å². The van der Waals surface area contributed by atoms with Crippen LogP contribution in [0.3, 0.4) is 0 Å². The molecule has 1 N–H and O–H groups in total. The van der Waals surface area contributed by atoms with Crippen LogP contribution >= 0.6 is 0 Å². The van der Waals surface area contributed by atoms with E-state index in [-0.39, 0.29) is 11.8 Å². The lowest BCUT2D eigenvalue weighted by molar-refractivity contribution is -0.123. The molecule has 1 aromatic rings. The zero-order valence-electron chi connectivity index (χ0n) is 17.3. The van der Waals surface area contributed by atoms with E-state index in [1.165, 1.54) is 32.1 Å². The molecule has 28 heavy (non-hydrogen) atoms. The van der Waals surface area contributed by atoms with E-state index in [2.05, 4.69) is 10.2 Å². The van der Waals surface area contributed by atoms with Gasteiger partial charge in [0, 0.05) is 37.8 Å². The highest BCUT2D eigenvalue weighted by atomic mass is 16.2. The van der Waals surface area contributed by atoms with Crippen molar-refractivity contribution in [2.24, 2.45) is 0 Å². The van der Waals surface area contributed by atoms with Crippen LogP contribution in [0.2, 0.25) is 0 Å². The van der Waals surface area contributed by atoms with Crippen LogP contribution in [0.15, 0.2) is 24.3 Å². The summed E-state index contributed by atoms with van der Waals surface area (Å²) in [5.74, 6) is 0.244. The Morgan fingerprint density at radius 3 is 2.46 bits per heavy atom. The van der Waals surface area contributed by atoms with Crippen LogP contribution in [-0.4, -0.2) is 60.4 Å². The molecule has 0 radical (unpaired) electrons. The molecule has 0 aromatic heterocycles. The molecule has 2 aliphatic rings. The summed E-state index contributed by atoms with van der Waals surface area (Å²) in [4.78, 5) is 29.4. The van der Waals surface area contributed by atoms with Crippen molar-refractivity contribution in [1.82, 2.24) is 15.1 Å². The molecule has 1 aromatic carbocycles. The largest absolute Gasteiger partial charge is 0.352 e. The summed E-state index contributed by atoms with van der Waals surface area (Å²) in [6.07, 6.45) is 9.53. The predicted octanol–water partition coefficient (Wildman–Crippen LogP) is 3.37. The molecule has 1 aliphatic heterocycles. The van der Waals surface area contributed by atoms with Gasteiger partial charge in [-0.15, -0.1) is 0 Å². The van der Waals surface area contributed by atoms with Crippen LogP contribution in [0.25, 0.3) is 0 Å². The van der Waals surface area contributed by atoms with Gasteiger partial charge in [-0.2, -0.15) is 0 Å². The third-order valence-corrected chi connectivity index (χ3v) is 5.98. The van der Waals surface area contributed by atoms with Crippen molar-refractivity contribution in [3.63, 3.8) is 0 Å². The molecule has 154 valence electrons. The topological polar surface area (TPSA) is 52.7 Å². The van der Waals surface area contributed by atoms with Crippen LogP contribution in [0.1, 0.15) is 67.3 Å². The lowest BCUT2D eigenvalue weighted by Gasteiger charge is -2.24. The Labute approximate surface area is 169 Å². The standard InChI is InChI=1S/C23H35N3O2/c1-19-9-7-10-20(17-19)23(28)26-14-8-13-25(15-16-26)18-22(27)24-21-11-5-3-2-4-6-12-21/h7,9-10,17,21H,2-6,8,11-16,18H2,1H3,(H,24,27). The van der Waals surface area contributed by atoms with Crippen molar-refractivity contribution in [1.29, 1.82) is 0 Å². The van der Waals surface area contributed by atoms with Crippen molar-refractivity contribution in [3.05, 3.63) is 35.4 Å². The highest BCUT2D eigenvalue weighted by Gasteiger charge is 2.22. The van der Waals surface area contributed by atoms with E-state index in [0.717, 1.165) is 50.0 Å². The Morgan fingerprint density at radius 2 is 1.71 bits per heavy atom. The number of rotatable bonds is 4. The molecule has 1 saturated carbocycles. The zero-order valence-corrected chi connectivity index (χ0v) is 17.3. The molecule has 0 bridgehead atoms. The lowest BCUT2D eigenvalue weighted by atomic mass is 9.97. The second kappa shape index (κ2) is 10.6. The van der Waals surface area contributed by atoms with Gasteiger partial charge >= 0.3 is 0 Å². The van der Waals surface area contributed by atoms with Gasteiger partial charge in [0.25, 0.3) is 5.91 Å². The minimum atomic E-state index is 0.101. The van der Waals surface area contributed by atoms with Gasteiger partial charge in [-0.1, -0.05) is 49.8 Å². The van der Waals surface area contributed by atoms with E-state index in [1.807, 2.05) is 36.1 Å². The third kappa shape index (κ3) is 6.33. The molecule has 5 nitrogen and oxygen atoms in total. The molecule has 5 heteroatoms. The summed E-state index contributed by atoms with van der Waals surface area (Å²) in [5, 5.41) is 3.26. The van der Waals surface area contributed by atoms with Gasteiger partial charge in [0.05, 0.1) is 6.54 Å². The molecular weight excluding hydrogens is 350 g/mol. The number of hydrogen-bond donors (Lipinski definition) is 1. The van der Waals surface area contributed by atoms with Crippen LogP contribution in [0.5, 0.6) is 0 Å². The maximum absolute atomic E-state index is 12.8. The Bertz CT molecular complexity index is 653. The maximum atomic E-state index is 12.8. The number of benzene rings is 1. The van der Waals surface area contributed by atoms with Crippen molar-refractivity contribution in [3.8, 4) is 0 Å². The van der Waals surface area contributed by atoms with E-state index in [0.29, 0.717) is 19.1 Å². The monoisotopic (exact) mass is 385 g/mol. The number of carbonyl (C=O) groups excluding carboxylic acids is 2. The quantitative estimate of drug-likeness (QED) is 0.865. The molecule has 0 unspecified atom stereocenters. The first-order valence-corrected chi connectivity index (χ1v) is 11.0. The van der Waals surface area contributed by atoms with Gasteiger partial charge in [-0.05, 0) is 38.3 Å². The molecular formula is C23H35N3O2. The molecule has 1 saturated heterocycles. The van der Waals surface area contributed by atoms with Crippen molar-refractivity contribution in [2.45, 2.75) is 64.3 Å². The van der Waals surface area contributed by atoms with E-state index < -0.39 is 0 Å². The molecule has 0 spiro atoms. The highest BCUT2D eigenvalue weighted by molar-refractivity contribution is 5.94. The summed E-state index contributed by atoms with van der Waals surface area (Å²) < 4.78 is 0. The van der Waals surface area contributed by atoms with Gasteiger partial charge in [0.15, 0.2) is 0 Å². The Balaban J connectivity index is 1.46. The van der Waals surface area contributed by atoms with Crippen molar-refractivity contribution < 1.29 is 9.59 Å². The SMILES string of the molecule is Cc1cccc(C(=O)N2CCCN(CC(=O)NC3CCCCCCC3)CC2)c1. The zero-order chi connectivity index (χ0) is 19.8. The van der Waals surface area contributed by atoms with Gasteiger partial charge in [0.2, 0.25) is 5.91 Å². The van der Waals surface area contributed by atoms with E-state index in [1.54, 1.807) is 0 Å². The number of hydrogen-bond acceptors (Lipinski definition) is 3. The fourth-order valence-corrected chi connectivity index (χ4v) is 4.37. The predicted molar refractivity (Wildman–Crippen MR) is 112 cm³/mol. The van der Waals surface area contributed by atoms with Gasteiger partial charge in [0.1, 0.15) is 0 Å². The molecule has 3 rings (SSSR count). The molecule has 0 atom stereocenters. The number of aryl methyl sites for hydroxylation is 1. The summed E-state index contributed by atoms with van der Waals surface area (Å²) in [5.41, 5.74) is 1.86. The smallest absolute Gasteiger partial charge is 0.253 e. The third-order valence-electron chi connectivity index (χ3n) is 5.98. The minimum absolute atomic E-state index is 0.101. The number of nitrogens with zero attached hydrogens (tertiary/aromatic N) is 2. The Hall–Kier alpha value is -1.88. The second-order valence-electron chi connectivity index (χ2n) is 8.40. The summed E-state index contributed by atoms with van der Waals surface area (Å²) in [6, 6.07) is 8.13. The van der Waals surface area contributed by atoms with Crippen LogP contribution in [0.4, 0.5) is 0 Å². The fourth-order valence-electron chi connectivity index (χ4n) is 4.37. The second-order valence-corrected chi connectivity index (χ2v) is 8.40. The average molecular weight is 386 g/mol. The summed E-state index contributed by atoms with van der Waals surface area (Å²) >= 11 is 0. The molecule has 1 aliphatic carbocycles. The van der Waals surface area contributed by atoms with Crippen LogP contribution < -0.4 is 5.32 Å². The Kier molecular flexibility index (Phi) is 7.90. The first-order valence-electron chi connectivity index (χ1n) is 11.0. The Morgan fingerprint density at radius 1 is 0.964 bits per heavy atom. The summed E-state index contributed by atoms with van der Waals surface area (Å²) in [6.45, 7) is 5.53. The van der Waals surface area contributed by atoms with Crippen LogP contribution in [-0.2, 0) is 4.79 Å². The highest BCUT2D eigenvalue weighted by Crippen LogP contribution is 2.17. The number of carbonyl (C=O) groups is 2. The first kappa shape index (κ1) is 20.8. The van der Waals surface area contributed by atoms with Crippen LogP contribution in [0, 0.1) is 6.92 Å². The van der Waals surface area contributed by atoms with Gasteiger partial charge < -0.3 is 10.2 Å². The van der Waals surface area contributed by atoms with E-state index in [9.17, 15) is 9.59 Å². The van der Waals surface area contributed by atoms with E-state index in [4.69, 9.17) is 0 Å². The average Bonchev–Trinajstić information content (AvgIpc) is 2.89. The lowest BCUT2D eigenvalue weighted by Crippen LogP contribution is -2.43. The fraction of sp³-hybridized carbons (Fsp3) is 0.652. The van der Waals surface area contributed by atoms with Gasteiger partial charge in [-0.25, -0.2) is 0 Å². The van der Waals surface area contributed by atoms with Gasteiger partial charge in [-0.3, -0.25) is 14.5 Å². The molecule has 2 amide bonds. The first-order chi connectivity index (χ1) is 13.6. The van der Waals surface area contributed by atoms with E-state index >= 15 is 0 Å². The minimum Gasteiger partial charge on any atom is -0.352 e. The summed E-state index contributed by atoms with van der Waals surface area (Å²) in [7, 11) is 0. The molecule has 1 heterocycles. The van der Waals surface area contributed by atoms with Crippen molar-refractivity contribution in [2.75, 3.05) is 32.7 Å². The number of amides is 2.